The lowest BCUT2D eigenvalue weighted by molar-refractivity contribution is -0.139. The molecule has 0 spiro atoms. The summed E-state index contributed by atoms with van der Waals surface area (Å²) < 4.78 is 19.4. The van der Waals surface area contributed by atoms with E-state index in [0.29, 0.717) is 11.3 Å². The van der Waals surface area contributed by atoms with Gasteiger partial charge in [0.05, 0.1) is 12.9 Å². The van der Waals surface area contributed by atoms with Crippen molar-refractivity contribution in [3.8, 4) is 5.75 Å². The lowest BCUT2D eigenvalue weighted by atomic mass is 10.1. The molecule has 7 heteroatoms. The fraction of sp³-hybridized carbons (Fsp3) is 0.417. The fourth-order valence-corrected chi connectivity index (χ4v) is 3.79. The van der Waals surface area contributed by atoms with Crippen molar-refractivity contribution in [2.45, 2.75) is 51.6 Å². The van der Waals surface area contributed by atoms with E-state index in [2.05, 4.69) is 5.32 Å². The highest BCUT2D eigenvalue weighted by molar-refractivity contribution is 7.99. The van der Waals surface area contributed by atoms with Gasteiger partial charge in [0.15, 0.2) is 0 Å². The van der Waals surface area contributed by atoms with Gasteiger partial charge >= 0.3 is 0 Å². The molecule has 0 heterocycles. The second-order valence-corrected chi connectivity index (χ2v) is 8.43. The molecular weight excluding hydrogens is 415 g/mol. The molecule has 0 bridgehead atoms. The molecule has 2 atom stereocenters. The van der Waals surface area contributed by atoms with Crippen molar-refractivity contribution in [2.75, 3.05) is 12.9 Å². The average molecular weight is 447 g/mol. The second kappa shape index (κ2) is 12.3. The normalized spacial score (nSPS) is 12.7. The first-order valence-corrected chi connectivity index (χ1v) is 11.5. The van der Waals surface area contributed by atoms with Gasteiger partial charge in [0.25, 0.3) is 0 Å². The smallest absolute Gasteiger partial charge is 0.242 e. The zero-order valence-corrected chi connectivity index (χ0v) is 19.4. The number of hydrogen-bond acceptors (Lipinski definition) is 4. The van der Waals surface area contributed by atoms with Crippen LogP contribution in [0.5, 0.6) is 5.75 Å². The summed E-state index contributed by atoms with van der Waals surface area (Å²) in [6.45, 7) is 5.63. The first-order chi connectivity index (χ1) is 14.8. The zero-order chi connectivity index (χ0) is 22.8. The molecule has 2 amide bonds. The largest absolute Gasteiger partial charge is 0.497 e. The maximum atomic E-state index is 14.2. The van der Waals surface area contributed by atoms with E-state index in [4.69, 9.17) is 4.74 Å². The molecule has 1 N–H and O–H groups in total. The van der Waals surface area contributed by atoms with E-state index in [1.165, 1.54) is 22.7 Å². The topological polar surface area (TPSA) is 58.6 Å². The van der Waals surface area contributed by atoms with Crippen LogP contribution in [0, 0.1) is 5.82 Å². The summed E-state index contributed by atoms with van der Waals surface area (Å²) in [6.07, 6.45) is 0.789. The minimum atomic E-state index is -0.706. The molecule has 0 saturated heterocycles. The van der Waals surface area contributed by atoms with Crippen LogP contribution in [0.4, 0.5) is 4.39 Å². The van der Waals surface area contributed by atoms with Gasteiger partial charge in [-0.05, 0) is 44.0 Å². The van der Waals surface area contributed by atoms with Crippen LogP contribution in [-0.4, -0.2) is 41.7 Å². The number of rotatable bonds is 11. The van der Waals surface area contributed by atoms with Crippen molar-refractivity contribution in [1.29, 1.82) is 0 Å². The minimum absolute atomic E-state index is 0.00445. The number of benzene rings is 2. The van der Waals surface area contributed by atoms with Crippen molar-refractivity contribution < 1.29 is 18.7 Å². The van der Waals surface area contributed by atoms with E-state index in [1.807, 2.05) is 38.1 Å². The van der Waals surface area contributed by atoms with E-state index in [0.717, 1.165) is 17.7 Å². The minimum Gasteiger partial charge on any atom is -0.497 e. The SMILES string of the molecule is CCC(C)NC(=O)C(C)N(Cc1ccccc1F)C(=O)CSCc1ccc(OC)cc1. The lowest BCUT2D eigenvalue weighted by Crippen LogP contribution is -2.50. The van der Waals surface area contributed by atoms with Crippen LogP contribution in [0.3, 0.4) is 0 Å². The average Bonchev–Trinajstić information content (AvgIpc) is 2.78. The molecular formula is C24H31FN2O3S. The third-order valence-corrected chi connectivity index (χ3v) is 6.11. The standard InChI is InChI=1S/C24H31FN2O3S/c1-5-17(2)26-24(29)18(3)27(14-20-8-6-7-9-22(20)25)23(28)16-31-15-19-10-12-21(30-4)13-11-19/h6-13,17-18H,5,14-16H2,1-4H3,(H,26,29). The molecule has 2 rings (SSSR count). The van der Waals surface area contributed by atoms with E-state index >= 15 is 0 Å². The molecule has 0 aliphatic heterocycles. The molecule has 0 aromatic heterocycles. The van der Waals surface area contributed by atoms with E-state index < -0.39 is 6.04 Å². The van der Waals surface area contributed by atoms with Crippen LogP contribution in [0.1, 0.15) is 38.3 Å². The number of carbonyl (C=O) groups excluding carboxylic acids is 2. The first-order valence-electron chi connectivity index (χ1n) is 10.4. The highest BCUT2D eigenvalue weighted by atomic mass is 32.2. The Morgan fingerprint density at radius 3 is 2.42 bits per heavy atom. The van der Waals surface area contributed by atoms with Crippen molar-refractivity contribution in [3.05, 3.63) is 65.5 Å². The van der Waals surface area contributed by atoms with Gasteiger partial charge in [0.2, 0.25) is 11.8 Å². The van der Waals surface area contributed by atoms with Crippen LogP contribution < -0.4 is 10.1 Å². The number of halogens is 1. The highest BCUT2D eigenvalue weighted by Gasteiger charge is 2.27. The fourth-order valence-electron chi connectivity index (χ4n) is 2.92. The van der Waals surface area contributed by atoms with Crippen LogP contribution in [0.15, 0.2) is 48.5 Å². The molecule has 168 valence electrons. The number of thioether (sulfide) groups is 1. The molecule has 0 radical (unpaired) electrons. The van der Waals surface area contributed by atoms with E-state index in [1.54, 1.807) is 32.2 Å². The van der Waals surface area contributed by atoms with Crippen LogP contribution >= 0.6 is 11.8 Å². The number of nitrogens with zero attached hydrogens (tertiary/aromatic N) is 1. The predicted molar refractivity (Wildman–Crippen MR) is 123 cm³/mol. The Labute approximate surface area is 188 Å². The molecule has 0 aliphatic carbocycles. The summed E-state index contributed by atoms with van der Waals surface area (Å²) in [7, 11) is 1.62. The summed E-state index contributed by atoms with van der Waals surface area (Å²) in [5.74, 6) is 0.800. The summed E-state index contributed by atoms with van der Waals surface area (Å²) >= 11 is 1.46. The van der Waals surface area contributed by atoms with Gasteiger partial charge in [0, 0.05) is 23.9 Å². The molecule has 0 fully saturated rings. The third kappa shape index (κ3) is 7.58. The van der Waals surface area contributed by atoms with Crippen LogP contribution in [-0.2, 0) is 21.9 Å². The maximum Gasteiger partial charge on any atom is 0.242 e. The number of nitrogens with one attached hydrogen (secondary N) is 1. The lowest BCUT2D eigenvalue weighted by Gasteiger charge is -2.29. The van der Waals surface area contributed by atoms with Gasteiger partial charge < -0.3 is 15.0 Å². The highest BCUT2D eigenvalue weighted by Crippen LogP contribution is 2.19. The van der Waals surface area contributed by atoms with Crippen molar-refractivity contribution in [2.24, 2.45) is 0 Å². The Balaban J connectivity index is 2.07. The summed E-state index contributed by atoms with van der Waals surface area (Å²) in [5.41, 5.74) is 1.46. The third-order valence-electron chi connectivity index (χ3n) is 5.12. The van der Waals surface area contributed by atoms with Gasteiger partial charge in [-0.1, -0.05) is 37.3 Å². The Hall–Kier alpha value is -2.54. The summed E-state index contributed by atoms with van der Waals surface area (Å²) in [6, 6.07) is 13.3. The zero-order valence-electron chi connectivity index (χ0n) is 18.6. The van der Waals surface area contributed by atoms with Gasteiger partial charge in [-0.15, -0.1) is 11.8 Å². The molecule has 2 unspecified atom stereocenters. The maximum absolute atomic E-state index is 14.2. The van der Waals surface area contributed by atoms with Crippen LogP contribution in [0.2, 0.25) is 0 Å². The quantitative estimate of drug-likeness (QED) is 0.556. The Bertz CT molecular complexity index is 860. The van der Waals surface area contributed by atoms with Crippen molar-refractivity contribution in [3.63, 3.8) is 0 Å². The number of amides is 2. The van der Waals surface area contributed by atoms with E-state index in [-0.39, 0.29) is 36.0 Å². The Morgan fingerprint density at radius 2 is 1.81 bits per heavy atom. The Kier molecular flexibility index (Phi) is 9.85. The second-order valence-electron chi connectivity index (χ2n) is 7.45. The molecule has 2 aromatic rings. The van der Waals surface area contributed by atoms with Crippen molar-refractivity contribution in [1.82, 2.24) is 10.2 Å². The van der Waals surface area contributed by atoms with Crippen LogP contribution in [0.25, 0.3) is 0 Å². The number of hydrogen-bond donors (Lipinski definition) is 1. The summed E-state index contributed by atoms with van der Waals surface area (Å²) in [5, 5.41) is 2.91. The molecule has 0 aliphatic rings. The molecule has 0 saturated carbocycles. The first kappa shape index (κ1) is 24.7. The molecule has 5 nitrogen and oxygen atoms in total. The molecule has 31 heavy (non-hydrogen) atoms. The summed E-state index contributed by atoms with van der Waals surface area (Å²) in [4.78, 5) is 27.2. The predicted octanol–water partition coefficient (Wildman–Crippen LogP) is 4.40. The van der Waals surface area contributed by atoms with Gasteiger partial charge in [-0.2, -0.15) is 0 Å². The number of methoxy groups -OCH3 is 1. The monoisotopic (exact) mass is 446 g/mol. The van der Waals surface area contributed by atoms with Crippen molar-refractivity contribution >= 4 is 23.6 Å². The Morgan fingerprint density at radius 1 is 1.13 bits per heavy atom. The molecule has 2 aromatic carbocycles. The van der Waals surface area contributed by atoms with Gasteiger partial charge in [0.1, 0.15) is 17.6 Å². The number of carbonyl (C=O) groups is 2. The van der Waals surface area contributed by atoms with E-state index in [9.17, 15) is 14.0 Å². The van der Waals surface area contributed by atoms with Gasteiger partial charge in [-0.3, -0.25) is 9.59 Å². The van der Waals surface area contributed by atoms with Gasteiger partial charge in [-0.25, -0.2) is 4.39 Å². The number of ether oxygens (including phenoxy) is 1.